The second-order valence-electron chi connectivity index (χ2n) is 9.27. The van der Waals surface area contributed by atoms with Crippen molar-refractivity contribution in [3.8, 4) is 5.75 Å². The lowest BCUT2D eigenvalue weighted by Gasteiger charge is -2.38. The maximum atomic E-state index is 11.6. The van der Waals surface area contributed by atoms with E-state index < -0.39 is 12.1 Å². The van der Waals surface area contributed by atoms with E-state index in [4.69, 9.17) is 9.15 Å². The first-order chi connectivity index (χ1) is 16.5. The molecule has 7 nitrogen and oxygen atoms in total. The average molecular weight is 467 g/mol. The number of likely N-dealkylation sites (tertiary alicyclic amines) is 1. The summed E-state index contributed by atoms with van der Waals surface area (Å²) in [5, 5.41) is 21.4. The molecule has 0 saturated carbocycles. The van der Waals surface area contributed by atoms with Crippen molar-refractivity contribution in [2.24, 2.45) is 11.8 Å². The number of aliphatic hydroxyl groups is 1. The number of aromatic nitrogens is 1. The summed E-state index contributed by atoms with van der Waals surface area (Å²) in [5.74, 6) is 1.35. The average Bonchev–Trinajstić information content (AvgIpc) is 3.36. The van der Waals surface area contributed by atoms with Gasteiger partial charge in [-0.1, -0.05) is 0 Å². The van der Waals surface area contributed by atoms with Gasteiger partial charge in [0.15, 0.2) is 0 Å². The zero-order valence-corrected chi connectivity index (χ0v) is 19.7. The Kier molecular flexibility index (Phi) is 8.19. The molecule has 1 saturated heterocycles. The first kappa shape index (κ1) is 24.2. The van der Waals surface area contributed by atoms with Crippen molar-refractivity contribution < 1.29 is 24.2 Å². The fraction of sp³-hybridized carbons (Fsp3) is 0.481. The van der Waals surface area contributed by atoms with Crippen LogP contribution >= 0.6 is 0 Å². The Labute approximate surface area is 200 Å². The van der Waals surface area contributed by atoms with Crippen LogP contribution in [-0.4, -0.2) is 52.8 Å². The quantitative estimate of drug-likeness (QED) is 0.423. The van der Waals surface area contributed by atoms with Gasteiger partial charge >= 0.3 is 5.97 Å². The molecule has 1 aliphatic rings. The molecule has 3 atom stereocenters. The number of aryl methyl sites for hydroxylation is 1. The Bertz CT molecular complexity index is 1070. The van der Waals surface area contributed by atoms with Crippen LogP contribution in [0, 0.1) is 11.8 Å². The normalized spacial score (nSPS) is 19.8. The fourth-order valence-electron chi connectivity index (χ4n) is 5.22. The number of hydrogen-bond donors (Lipinski definition) is 2. The van der Waals surface area contributed by atoms with Crippen LogP contribution in [0.25, 0.3) is 10.9 Å². The second-order valence-corrected chi connectivity index (χ2v) is 9.27. The van der Waals surface area contributed by atoms with Gasteiger partial charge in [0.25, 0.3) is 0 Å². The van der Waals surface area contributed by atoms with E-state index in [1.54, 1.807) is 19.6 Å². The minimum absolute atomic E-state index is 0.0938. The number of furan rings is 1. The number of hydrogen-bond acceptors (Lipinski definition) is 6. The molecule has 3 aromatic rings. The van der Waals surface area contributed by atoms with E-state index in [0.717, 1.165) is 73.3 Å². The standard InChI is InChI=1S/C27H34N2O5/c1-33-22-7-8-25-24(17-22)23(10-12-28-25)26(30)9-6-19-11-14-29(18-20(19)16-27(31)32)13-2-4-21-5-3-15-34-21/h3,5,7-8,10,12,15,17,19-20,26,30H,2,4,6,9,11,13-14,16,18H2,1H3,(H,31,32)/t19-,20+,26+/m1/s1. The number of carbonyl (C=O) groups is 1. The maximum absolute atomic E-state index is 11.6. The number of carboxylic acids is 1. The lowest BCUT2D eigenvalue weighted by molar-refractivity contribution is -0.139. The molecule has 2 aromatic heterocycles. The number of ether oxygens (including phenoxy) is 1. The molecular formula is C27H34N2O5. The predicted octanol–water partition coefficient (Wildman–Crippen LogP) is 4.70. The van der Waals surface area contributed by atoms with E-state index in [1.807, 2.05) is 36.4 Å². The molecule has 182 valence electrons. The third kappa shape index (κ3) is 6.15. The summed E-state index contributed by atoms with van der Waals surface area (Å²) >= 11 is 0. The summed E-state index contributed by atoms with van der Waals surface area (Å²) in [5.41, 5.74) is 1.66. The molecule has 34 heavy (non-hydrogen) atoms. The number of fused-ring (bicyclic) bond motifs is 1. The third-order valence-corrected chi connectivity index (χ3v) is 7.04. The van der Waals surface area contributed by atoms with Gasteiger partial charge in [-0.3, -0.25) is 9.78 Å². The monoisotopic (exact) mass is 466 g/mol. The van der Waals surface area contributed by atoms with Crippen molar-refractivity contribution in [2.75, 3.05) is 26.7 Å². The highest BCUT2D eigenvalue weighted by Crippen LogP contribution is 2.34. The van der Waals surface area contributed by atoms with Crippen molar-refractivity contribution in [3.63, 3.8) is 0 Å². The molecule has 4 rings (SSSR count). The van der Waals surface area contributed by atoms with Gasteiger partial charge < -0.3 is 24.3 Å². The Balaban J connectivity index is 1.35. The smallest absolute Gasteiger partial charge is 0.303 e. The zero-order chi connectivity index (χ0) is 23.9. The van der Waals surface area contributed by atoms with Gasteiger partial charge in [0.05, 0.1) is 25.0 Å². The number of benzene rings is 1. The summed E-state index contributed by atoms with van der Waals surface area (Å²) in [6.07, 6.45) is 7.20. The summed E-state index contributed by atoms with van der Waals surface area (Å²) in [7, 11) is 1.62. The third-order valence-electron chi connectivity index (χ3n) is 7.04. The predicted molar refractivity (Wildman–Crippen MR) is 130 cm³/mol. The number of piperidine rings is 1. The molecule has 1 aromatic carbocycles. The van der Waals surface area contributed by atoms with Crippen LogP contribution in [0.2, 0.25) is 0 Å². The Morgan fingerprint density at radius 1 is 1.29 bits per heavy atom. The molecule has 1 aliphatic heterocycles. The van der Waals surface area contributed by atoms with Crippen molar-refractivity contribution in [1.29, 1.82) is 0 Å². The molecule has 7 heteroatoms. The van der Waals surface area contributed by atoms with E-state index in [2.05, 4.69) is 9.88 Å². The highest BCUT2D eigenvalue weighted by Gasteiger charge is 2.31. The molecule has 3 heterocycles. The van der Waals surface area contributed by atoms with Crippen LogP contribution in [0.1, 0.15) is 49.5 Å². The number of rotatable bonds is 11. The molecule has 2 N–H and O–H groups in total. The number of methoxy groups -OCH3 is 1. The van der Waals surface area contributed by atoms with Gasteiger partial charge in [0.1, 0.15) is 11.5 Å². The van der Waals surface area contributed by atoms with Crippen LogP contribution in [-0.2, 0) is 11.2 Å². The number of aliphatic carboxylic acids is 1. The number of carboxylic acid groups (broad SMARTS) is 1. The molecule has 0 amide bonds. The highest BCUT2D eigenvalue weighted by molar-refractivity contribution is 5.83. The van der Waals surface area contributed by atoms with Crippen molar-refractivity contribution >= 4 is 16.9 Å². The number of nitrogens with zero attached hydrogens (tertiary/aromatic N) is 2. The first-order valence-corrected chi connectivity index (χ1v) is 12.1. The van der Waals surface area contributed by atoms with Crippen molar-refractivity contribution in [3.05, 3.63) is 60.2 Å². The highest BCUT2D eigenvalue weighted by atomic mass is 16.5. The van der Waals surface area contributed by atoms with E-state index in [1.165, 1.54) is 0 Å². The minimum atomic E-state index is -0.750. The lowest BCUT2D eigenvalue weighted by Crippen LogP contribution is -2.42. The molecule has 0 unspecified atom stereocenters. The topological polar surface area (TPSA) is 96.0 Å². The summed E-state index contributed by atoms with van der Waals surface area (Å²) < 4.78 is 10.8. The number of aliphatic hydroxyl groups excluding tert-OH is 1. The summed E-state index contributed by atoms with van der Waals surface area (Å²) in [6.45, 7) is 2.70. The van der Waals surface area contributed by atoms with Crippen LogP contribution in [0.4, 0.5) is 0 Å². The van der Waals surface area contributed by atoms with Gasteiger partial charge in [-0.25, -0.2) is 0 Å². The number of pyridine rings is 1. The molecule has 0 aliphatic carbocycles. The Morgan fingerprint density at radius 2 is 2.18 bits per heavy atom. The molecule has 0 radical (unpaired) electrons. The lowest BCUT2D eigenvalue weighted by atomic mass is 9.79. The Morgan fingerprint density at radius 3 is 2.94 bits per heavy atom. The van der Waals surface area contributed by atoms with Crippen LogP contribution in [0.3, 0.4) is 0 Å². The van der Waals surface area contributed by atoms with E-state index >= 15 is 0 Å². The van der Waals surface area contributed by atoms with E-state index in [-0.39, 0.29) is 18.3 Å². The van der Waals surface area contributed by atoms with Gasteiger partial charge in [-0.2, -0.15) is 0 Å². The maximum Gasteiger partial charge on any atom is 0.303 e. The van der Waals surface area contributed by atoms with Gasteiger partial charge in [0.2, 0.25) is 0 Å². The molecule has 0 spiro atoms. The molecule has 0 bridgehead atoms. The molecule has 1 fully saturated rings. The first-order valence-electron chi connectivity index (χ1n) is 12.1. The summed E-state index contributed by atoms with van der Waals surface area (Å²) in [6, 6.07) is 11.4. The van der Waals surface area contributed by atoms with E-state index in [0.29, 0.717) is 6.42 Å². The van der Waals surface area contributed by atoms with Crippen LogP contribution in [0.5, 0.6) is 5.75 Å². The fourth-order valence-corrected chi connectivity index (χ4v) is 5.22. The molecular weight excluding hydrogens is 432 g/mol. The van der Waals surface area contributed by atoms with Gasteiger partial charge in [-0.15, -0.1) is 0 Å². The van der Waals surface area contributed by atoms with Crippen LogP contribution < -0.4 is 4.74 Å². The van der Waals surface area contributed by atoms with Crippen molar-refractivity contribution in [2.45, 2.75) is 44.6 Å². The largest absolute Gasteiger partial charge is 0.497 e. The zero-order valence-electron chi connectivity index (χ0n) is 19.7. The Hall–Kier alpha value is -2.90. The van der Waals surface area contributed by atoms with E-state index in [9.17, 15) is 15.0 Å². The van der Waals surface area contributed by atoms with Gasteiger partial charge in [-0.05, 0) is 92.6 Å². The second kappa shape index (κ2) is 11.5. The summed E-state index contributed by atoms with van der Waals surface area (Å²) in [4.78, 5) is 18.3. The SMILES string of the molecule is COc1ccc2nccc([C@@H](O)CC[C@@H]3CCN(CCCc4ccco4)C[C@@H]3CC(=O)O)c2c1. The minimum Gasteiger partial charge on any atom is -0.497 e. The van der Waals surface area contributed by atoms with Crippen LogP contribution in [0.15, 0.2) is 53.3 Å². The van der Waals surface area contributed by atoms with Gasteiger partial charge in [0, 0.05) is 31.0 Å². The van der Waals surface area contributed by atoms with Crippen molar-refractivity contribution in [1.82, 2.24) is 9.88 Å².